The minimum absolute atomic E-state index is 0.0493. The molecule has 0 atom stereocenters. The van der Waals surface area contributed by atoms with E-state index in [0.717, 1.165) is 60.6 Å². The van der Waals surface area contributed by atoms with E-state index in [1.54, 1.807) is 12.1 Å². The summed E-state index contributed by atoms with van der Waals surface area (Å²) in [5.41, 5.74) is 9.76. The van der Waals surface area contributed by atoms with Crippen molar-refractivity contribution in [2.24, 2.45) is 11.1 Å². The minimum atomic E-state index is -3.68. The largest absolute Gasteiger partial charge is 0.460 e. The number of carbonyl (C=O) groups excluding carboxylic acids is 1. The summed E-state index contributed by atoms with van der Waals surface area (Å²) in [7, 11) is -3.68. The van der Waals surface area contributed by atoms with Crippen LogP contribution in [-0.4, -0.2) is 55.1 Å². The maximum Gasteiger partial charge on any atom is 0.355 e. The maximum atomic E-state index is 13.8. The first-order valence-electron chi connectivity index (χ1n) is 15.4. The van der Waals surface area contributed by atoms with Crippen LogP contribution in [0.3, 0.4) is 0 Å². The Morgan fingerprint density at radius 3 is 2.40 bits per heavy atom. The zero-order valence-corrected chi connectivity index (χ0v) is 25.9. The number of nitrogens with zero attached hydrogens (tertiary/aromatic N) is 3. The van der Waals surface area contributed by atoms with Gasteiger partial charge in [-0.15, -0.1) is 0 Å². The van der Waals surface area contributed by atoms with E-state index in [0.29, 0.717) is 34.9 Å². The molecule has 0 aliphatic carbocycles. The Bertz CT molecular complexity index is 1970. The highest BCUT2D eigenvalue weighted by Gasteiger charge is 2.40. The number of nitrogens with two attached hydrogens (primary N) is 1. The summed E-state index contributed by atoms with van der Waals surface area (Å²) >= 11 is 0. The molecule has 0 saturated carbocycles. The maximum absolute atomic E-state index is 13.8. The monoisotopic (exact) mass is 623 g/mol. The second kappa shape index (κ2) is 11.9. The zero-order valence-electron chi connectivity index (χ0n) is 25.1. The van der Waals surface area contributed by atoms with Crippen molar-refractivity contribution in [1.82, 2.24) is 14.5 Å². The van der Waals surface area contributed by atoms with Gasteiger partial charge in [0.25, 0.3) is 0 Å². The van der Waals surface area contributed by atoms with Crippen molar-refractivity contribution < 1.29 is 17.9 Å². The predicted octanol–water partition coefficient (Wildman–Crippen LogP) is 5.28. The lowest BCUT2D eigenvalue weighted by Crippen LogP contribution is -2.50. The number of benzene rings is 3. The third-order valence-electron chi connectivity index (χ3n) is 9.35. The first-order chi connectivity index (χ1) is 21.8. The van der Waals surface area contributed by atoms with Crippen molar-refractivity contribution >= 4 is 43.5 Å². The van der Waals surface area contributed by atoms with Crippen molar-refractivity contribution in [1.29, 1.82) is 0 Å². The molecule has 3 aliphatic heterocycles. The van der Waals surface area contributed by atoms with E-state index in [4.69, 9.17) is 15.5 Å². The quantitative estimate of drug-likeness (QED) is 0.203. The smallest absolute Gasteiger partial charge is 0.355 e. The molecule has 8 rings (SSSR count). The fraction of sp³-hybridized carbons (Fsp3) is 0.314. The summed E-state index contributed by atoms with van der Waals surface area (Å²) in [6.45, 7) is 4.13. The van der Waals surface area contributed by atoms with Crippen LogP contribution in [0.5, 0.6) is 0 Å². The number of aromatic nitrogens is 2. The lowest BCUT2D eigenvalue weighted by molar-refractivity contribution is -0.0309. The van der Waals surface area contributed by atoms with Gasteiger partial charge in [-0.05, 0) is 91.1 Å². The molecule has 10 heteroatoms. The van der Waals surface area contributed by atoms with Gasteiger partial charge in [-0.3, -0.25) is 4.72 Å². The number of anilines is 1. The number of ether oxygens (including phenoxy) is 1. The second-order valence-corrected chi connectivity index (χ2v) is 14.1. The minimum Gasteiger partial charge on any atom is -0.460 e. The zero-order chi connectivity index (χ0) is 31.0. The van der Waals surface area contributed by atoms with Crippen LogP contribution in [0, 0.1) is 5.41 Å². The average Bonchev–Trinajstić information content (AvgIpc) is 3.42. The van der Waals surface area contributed by atoms with E-state index >= 15 is 0 Å². The standard InChI is InChI=1S/C35H37N5O4S/c36-21-29-11-10-27-20-32(34(41)44-24-35-12-15-39(16-13-35)17-14-35)40(33(27)37-29)22-28-19-30(18-26-8-4-5-9-31(26)28)38-45(42,43)23-25-6-2-1-3-7-25/h1-11,18-20,38H,12-17,21-24,36H2. The molecule has 0 unspecified atom stereocenters. The molecular weight excluding hydrogens is 586 g/mol. The molecule has 9 nitrogen and oxygen atoms in total. The van der Waals surface area contributed by atoms with Gasteiger partial charge in [0.05, 0.1) is 24.6 Å². The third-order valence-corrected chi connectivity index (χ3v) is 10.6. The van der Waals surface area contributed by atoms with E-state index in [-0.39, 0.29) is 30.2 Å². The van der Waals surface area contributed by atoms with Crippen molar-refractivity contribution in [3.8, 4) is 0 Å². The molecule has 2 bridgehead atoms. The molecule has 3 fully saturated rings. The fourth-order valence-electron chi connectivity index (χ4n) is 6.77. The molecule has 5 aromatic rings. The van der Waals surface area contributed by atoms with E-state index < -0.39 is 10.0 Å². The molecule has 3 aliphatic rings. The van der Waals surface area contributed by atoms with Crippen molar-refractivity contribution in [3.05, 3.63) is 107 Å². The van der Waals surface area contributed by atoms with Crippen LogP contribution >= 0.6 is 0 Å². The van der Waals surface area contributed by atoms with Crippen LogP contribution in [0.15, 0.2) is 84.9 Å². The lowest BCUT2D eigenvalue weighted by Gasteiger charge is -2.47. The van der Waals surface area contributed by atoms with E-state index in [2.05, 4.69) is 9.62 Å². The number of hydrogen-bond acceptors (Lipinski definition) is 7. The summed E-state index contributed by atoms with van der Waals surface area (Å²) in [5.74, 6) is -0.520. The number of rotatable bonds is 10. The van der Waals surface area contributed by atoms with Crippen LogP contribution in [0.2, 0.25) is 0 Å². The molecule has 232 valence electrons. The Morgan fingerprint density at radius 1 is 0.911 bits per heavy atom. The van der Waals surface area contributed by atoms with Crippen LogP contribution in [0.4, 0.5) is 5.69 Å². The number of sulfonamides is 1. The van der Waals surface area contributed by atoms with Crippen molar-refractivity contribution in [2.45, 2.75) is 38.1 Å². The van der Waals surface area contributed by atoms with Gasteiger partial charge in [-0.2, -0.15) is 0 Å². The average molecular weight is 624 g/mol. The summed E-state index contributed by atoms with van der Waals surface area (Å²) in [6.07, 6.45) is 3.14. The van der Waals surface area contributed by atoms with E-state index in [9.17, 15) is 13.2 Å². The number of esters is 1. The SMILES string of the molecule is NCc1ccc2cc(C(=O)OCC34CCN(CC3)CC4)n(Cc3cc(NS(=O)(=O)Cc4ccccc4)cc4ccccc34)c2n1. The van der Waals surface area contributed by atoms with Gasteiger partial charge >= 0.3 is 5.97 Å². The Hall–Kier alpha value is -4.25. The molecule has 5 heterocycles. The van der Waals surface area contributed by atoms with E-state index in [1.807, 2.05) is 77.4 Å². The van der Waals surface area contributed by atoms with Crippen molar-refractivity contribution in [3.63, 3.8) is 0 Å². The van der Waals surface area contributed by atoms with Gasteiger partial charge < -0.3 is 19.9 Å². The Kier molecular flexibility index (Phi) is 7.81. The summed E-state index contributed by atoms with van der Waals surface area (Å²) in [6, 6.07) is 26.2. The van der Waals surface area contributed by atoms with Gasteiger partial charge in [0.1, 0.15) is 11.3 Å². The molecular formula is C35H37N5O4S. The normalized spacial score (nSPS) is 19.6. The number of piperidine rings is 3. The highest BCUT2D eigenvalue weighted by Crippen LogP contribution is 2.40. The number of carbonyl (C=O) groups is 1. The topological polar surface area (TPSA) is 120 Å². The number of hydrogen-bond donors (Lipinski definition) is 2. The molecule has 0 spiro atoms. The Morgan fingerprint density at radius 2 is 1.64 bits per heavy atom. The van der Waals surface area contributed by atoms with Crippen LogP contribution in [0.25, 0.3) is 21.8 Å². The Balaban J connectivity index is 1.24. The first-order valence-corrected chi connectivity index (χ1v) is 17.1. The molecule has 3 aromatic carbocycles. The van der Waals surface area contributed by atoms with Gasteiger partial charge in [0.15, 0.2) is 0 Å². The Labute approximate surface area is 263 Å². The second-order valence-electron chi connectivity index (χ2n) is 12.4. The fourth-order valence-corrected chi connectivity index (χ4v) is 7.95. The van der Waals surface area contributed by atoms with Gasteiger partial charge in [-0.25, -0.2) is 18.2 Å². The van der Waals surface area contributed by atoms with Gasteiger partial charge in [-0.1, -0.05) is 54.6 Å². The van der Waals surface area contributed by atoms with Crippen LogP contribution < -0.4 is 10.5 Å². The highest BCUT2D eigenvalue weighted by atomic mass is 32.2. The summed E-state index contributed by atoms with van der Waals surface area (Å²) in [4.78, 5) is 21.1. The van der Waals surface area contributed by atoms with Crippen LogP contribution in [0.1, 0.15) is 46.6 Å². The third kappa shape index (κ3) is 6.18. The predicted molar refractivity (Wildman–Crippen MR) is 176 cm³/mol. The number of fused-ring (bicyclic) bond motifs is 5. The molecule has 0 radical (unpaired) electrons. The van der Waals surface area contributed by atoms with Crippen LogP contribution in [-0.2, 0) is 33.6 Å². The molecule has 3 N–H and O–H groups in total. The summed E-state index contributed by atoms with van der Waals surface area (Å²) < 4.78 is 37.1. The highest BCUT2D eigenvalue weighted by molar-refractivity contribution is 7.91. The van der Waals surface area contributed by atoms with Crippen molar-refractivity contribution in [2.75, 3.05) is 31.0 Å². The number of pyridine rings is 1. The molecule has 0 amide bonds. The van der Waals surface area contributed by atoms with Gasteiger partial charge in [0.2, 0.25) is 10.0 Å². The van der Waals surface area contributed by atoms with Gasteiger partial charge in [0, 0.05) is 23.0 Å². The number of nitrogens with one attached hydrogen (secondary N) is 1. The summed E-state index contributed by atoms with van der Waals surface area (Å²) in [5, 5.41) is 2.64. The molecule has 3 saturated heterocycles. The molecule has 2 aromatic heterocycles. The first kappa shape index (κ1) is 29.5. The molecule has 45 heavy (non-hydrogen) atoms. The lowest BCUT2D eigenvalue weighted by atomic mass is 9.73. The van der Waals surface area contributed by atoms with E-state index in [1.165, 1.54) is 0 Å².